The van der Waals surface area contributed by atoms with Gasteiger partial charge in [0, 0.05) is 18.3 Å². The first-order valence-electron chi connectivity index (χ1n) is 6.50. The first-order chi connectivity index (χ1) is 9.70. The molecule has 0 radical (unpaired) electrons. The van der Waals surface area contributed by atoms with Crippen LogP contribution in [0.2, 0.25) is 0 Å². The first-order valence-corrected chi connectivity index (χ1v) is 7.98. The van der Waals surface area contributed by atoms with E-state index in [4.69, 9.17) is 4.74 Å². The zero-order valence-electron chi connectivity index (χ0n) is 11.4. The molecule has 2 atom stereocenters. The van der Waals surface area contributed by atoms with Crippen LogP contribution < -0.4 is 5.32 Å². The van der Waals surface area contributed by atoms with Gasteiger partial charge in [-0.25, -0.2) is 8.42 Å². The zero-order valence-corrected chi connectivity index (χ0v) is 12.2. The summed E-state index contributed by atoms with van der Waals surface area (Å²) in [5.74, 6) is 0. The molecule has 1 aromatic rings. The van der Waals surface area contributed by atoms with Gasteiger partial charge in [0.05, 0.1) is 11.0 Å². The van der Waals surface area contributed by atoms with Gasteiger partial charge in [0.15, 0.2) is 0 Å². The normalized spacial score (nSPS) is 23.8. The maximum absolute atomic E-state index is 12.4. The van der Waals surface area contributed by atoms with Crippen LogP contribution in [-0.2, 0) is 14.6 Å². The van der Waals surface area contributed by atoms with E-state index in [1.54, 1.807) is 0 Å². The third kappa shape index (κ3) is 3.68. The fraction of sp³-hybridized carbons (Fsp3) is 0.538. The molecule has 1 aromatic carbocycles. The Bertz CT molecular complexity index is 584. The predicted molar refractivity (Wildman–Crippen MR) is 71.7 cm³/mol. The summed E-state index contributed by atoms with van der Waals surface area (Å²) >= 11 is 0. The van der Waals surface area contributed by atoms with E-state index in [0.717, 1.165) is 25.0 Å². The highest BCUT2D eigenvalue weighted by Gasteiger charge is 2.46. The van der Waals surface area contributed by atoms with Crippen LogP contribution in [0, 0.1) is 0 Å². The predicted octanol–water partition coefficient (Wildman–Crippen LogP) is 2.96. The smallest absolute Gasteiger partial charge is 0.382 e. The maximum atomic E-state index is 12.4. The second-order valence-corrected chi connectivity index (χ2v) is 6.96. The molecule has 1 heterocycles. The number of rotatable bonds is 3. The molecular formula is C13H16F3NO3S. The van der Waals surface area contributed by atoms with Crippen LogP contribution in [0.25, 0.3) is 0 Å². The number of benzene rings is 1. The van der Waals surface area contributed by atoms with Gasteiger partial charge >= 0.3 is 5.51 Å². The largest absolute Gasteiger partial charge is 0.501 e. The Morgan fingerprint density at radius 2 is 1.86 bits per heavy atom. The van der Waals surface area contributed by atoms with Crippen molar-refractivity contribution in [2.75, 3.05) is 11.9 Å². The Balaban J connectivity index is 2.09. The average Bonchev–Trinajstić information content (AvgIpc) is 2.38. The standard InChI is InChI=1S/C13H16F3NO3S/c1-9-8-11(6-7-20-9)17-10-2-4-12(5-3-10)21(18,19)13(14,15)16/h2-5,9,11,17H,6-8H2,1H3. The van der Waals surface area contributed by atoms with E-state index in [9.17, 15) is 21.6 Å². The van der Waals surface area contributed by atoms with E-state index in [0.29, 0.717) is 12.3 Å². The minimum atomic E-state index is -5.28. The molecule has 8 heteroatoms. The van der Waals surface area contributed by atoms with E-state index in [-0.39, 0.29) is 12.1 Å². The summed E-state index contributed by atoms with van der Waals surface area (Å²) in [4.78, 5) is -0.749. The fourth-order valence-corrected chi connectivity index (χ4v) is 2.99. The van der Waals surface area contributed by atoms with Gasteiger partial charge in [0.2, 0.25) is 0 Å². The highest BCUT2D eigenvalue weighted by molar-refractivity contribution is 7.92. The maximum Gasteiger partial charge on any atom is 0.501 e. The van der Waals surface area contributed by atoms with Crippen molar-refractivity contribution in [2.24, 2.45) is 0 Å². The molecular weight excluding hydrogens is 307 g/mol. The van der Waals surface area contributed by atoms with Gasteiger partial charge in [0.25, 0.3) is 9.84 Å². The number of hydrogen-bond donors (Lipinski definition) is 1. The van der Waals surface area contributed by atoms with Crippen LogP contribution in [-0.4, -0.2) is 32.7 Å². The SMILES string of the molecule is CC1CC(Nc2ccc(S(=O)(=O)C(F)(F)F)cc2)CCO1. The average molecular weight is 323 g/mol. The minimum absolute atomic E-state index is 0.126. The molecule has 4 nitrogen and oxygen atoms in total. The van der Waals surface area contributed by atoms with Gasteiger partial charge in [-0.2, -0.15) is 13.2 Å². The number of nitrogens with one attached hydrogen (secondary N) is 1. The Morgan fingerprint density at radius 1 is 1.24 bits per heavy atom. The Kier molecular flexibility index (Phi) is 4.48. The summed E-state index contributed by atoms with van der Waals surface area (Å²) in [5.41, 5.74) is -4.69. The molecule has 0 aromatic heterocycles. The molecule has 0 bridgehead atoms. The van der Waals surface area contributed by atoms with Gasteiger partial charge in [0.1, 0.15) is 0 Å². The first kappa shape index (κ1) is 16.1. The number of hydrogen-bond acceptors (Lipinski definition) is 4. The van der Waals surface area contributed by atoms with Crippen LogP contribution in [0.15, 0.2) is 29.2 Å². The highest BCUT2D eigenvalue weighted by Crippen LogP contribution is 2.31. The van der Waals surface area contributed by atoms with Crippen molar-refractivity contribution in [3.8, 4) is 0 Å². The van der Waals surface area contributed by atoms with E-state index >= 15 is 0 Å². The van der Waals surface area contributed by atoms with Crippen LogP contribution in [0.1, 0.15) is 19.8 Å². The fourth-order valence-electron chi connectivity index (χ4n) is 2.23. The zero-order chi connectivity index (χ0) is 15.7. The van der Waals surface area contributed by atoms with Gasteiger partial charge in [-0.05, 0) is 44.0 Å². The summed E-state index contributed by atoms with van der Waals surface area (Å²) in [6.45, 7) is 2.58. The Labute approximate surface area is 121 Å². The molecule has 1 aliphatic rings. The number of anilines is 1. The number of ether oxygens (including phenoxy) is 1. The molecule has 1 saturated heterocycles. The molecule has 0 saturated carbocycles. The van der Waals surface area contributed by atoms with Crippen molar-refractivity contribution in [3.05, 3.63) is 24.3 Å². The van der Waals surface area contributed by atoms with E-state index in [2.05, 4.69) is 5.32 Å². The van der Waals surface area contributed by atoms with Crippen molar-refractivity contribution in [1.82, 2.24) is 0 Å². The van der Waals surface area contributed by atoms with Crippen molar-refractivity contribution >= 4 is 15.5 Å². The lowest BCUT2D eigenvalue weighted by Crippen LogP contribution is -2.32. The lowest BCUT2D eigenvalue weighted by atomic mass is 10.0. The van der Waals surface area contributed by atoms with Crippen molar-refractivity contribution < 1.29 is 26.3 Å². The molecule has 21 heavy (non-hydrogen) atoms. The molecule has 0 spiro atoms. The summed E-state index contributed by atoms with van der Waals surface area (Å²) in [6, 6.07) is 4.79. The Morgan fingerprint density at radius 3 is 2.38 bits per heavy atom. The minimum Gasteiger partial charge on any atom is -0.382 e. The van der Waals surface area contributed by atoms with Gasteiger partial charge in [-0.1, -0.05) is 0 Å². The number of alkyl halides is 3. The lowest BCUT2D eigenvalue weighted by molar-refractivity contribution is -0.0436. The second-order valence-electron chi connectivity index (χ2n) is 5.02. The van der Waals surface area contributed by atoms with Gasteiger partial charge in [-0.15, -0.1) is 0 Å². The van der Waals surface area contributed by atoms with Crippen LogP contribution in [0.5, 0.6) is 0 Å². The summed E-state index contributed by atoms with van der Waals surface area (Å²) < 4.78 is 65.1. The van der Waals surface area contributed by atoms with Crippen molar-refractivity contribution in [1.29, 1.82) is 0 Å². The van der Waals surface area contributed by atoms with Crippen LogP contribution in [0.3, 0.4) is 0 Å². The molecule has 0 amide bonds. The van der Waals surface area contributed by atoms with Crippen molar-refractivity contribution in [3.63, 3.8) is 0 Å². The highest BCUT2D eigenvalue weighted by atomic mass is 32.2. The molecule has 0 aliphatic carbocycles. The monoisotopic (exact) mass is 323 g/mol. The molecule has 1 fully saturated rings. The van der Waals surface area contributed by atoms with Crippen molar-refractivity contribution in [2.45, 2.75) is 42.3 Å². The molecule has 2 rings (SSSR count). The number of halogens is 3. The van der Waals surface area contributed by atoms with E-state index < -0.39 is 20.2 Å². The third-order valence-electron chi connectivity index (χ3n) is 3.33. The van der Waals surface area contributed by atoms with Crippen LogP contribution in [0.4, 0.5) is 18.9 Å². The second kappa shape index (κ2) is 5.84. The van der Waals surface area contributed by atoms with Gasteiger partial charge in [-0.3, -0.25) is 0 Å². The Hall–Kier alpha value is -1.28. The van der Waals surface area contributed by atoms with E-state index in [1.165, 1.54) is 12.1 Å². The molecule has 2 unspecified atom stereocenters. The molecule has 1 N–H and O–H groups in total. The van der Waals surface area contributed by atoms with E-state index in [1.807, 2.05) is 6.92 Å². The van der Waals surface area contributed by atoms with Gasteiger partial charge < -0.3 is 10.1 Å². The quantitative estimate of drug-likeness (QED) is 0.929. The molecule has 118 valence electrons. The summed E-state index contributed by atoms with van der Waals surface area (Å²) in [7, 11) is -5.28. The summed E-state index contributed by atoms with van der Waals surface area (Å²) in [6.07, 6.45) is 1.72. The number of sulfone groups is 1. The lowest BCUT2D eigenvalue weighted by Gasteiger charge is -2.28. The topological polar surface area (TPSA) is 55.4 Å². The summed E-state index contributed by atoms with van der Waals surface area (Å²) in [5, 5.41) is 3.17. The third-order valence-corrected chi connectivity index (χ3v) is 4.83. The van der Waals surface area contributed by atoms with Crippen LogP contribution >= 0.6 is 0 Å². The molecule has 1 aliphatic heterocycles.